The number of aromatic carboxylic acids is 1. The third-order valence-corrected chi connectivity index (χ3v) is 4.15. The minimum Gasteiger partial charge on any atom is -0.477 e. The summed E-state index contributed by atoms with van der Waals surface area (Å²) in [5, 5.41) is 11.8. The Bertz CT molecular complexity index is 553. The Hall–Kier alpha value is -1.95. The van der Waals surface area contributed by atoms with E-state index in [0.717, 1.165) is 32.1 Å². The molecule has 0 bridgehead atoms. The van der Waals surface area contributed by atoms with E-state index in [-0.39, 0.29) is 22.9 Å². The Morgan fingerprint density at radius 3 is 2.61 bits per heavy atom. The van der Waals surface area contributed by atoms with Crippen molar-refractivity contribution >= 4 is 11.9 Å². The van der Waals surface area contributed by atoms with Crippen LogP contribution in [0.25, 0.3) is 0 Å². The minimum atomic E-state index is -1.14. The largest absolute Gasteiger partial charge is 0.477 e. The topological polar surface area (TPSA) is 88.5 Å². The summed E-state index contributed by atoms with van der Waals surface area (Å²) in [6, 6.07) is 4.41. The molecule has 0 aromatic carbocycles. The van der Waals surface area contributed by atoms with Gasteiger partial charge in [-0.1, -0.05) is 32.3 Å². The first-order chi connectivity index (χ1) is 11.1. The van der Waals surface area contributed by atoms with Gasteiger partial charge in [0, 0.05) is 13.2 Å². The maximum atomic E-state index is 12.3. The van der Waals surface area contributed by atoms with Gasteiger partial charge in [0.25, 0.3) is 5.91 Å². The van der Waals surface area contributed by atoms with Gasteiger partial charge in [-0.3, -0.25) is 4.79 Å². The van der Waals surface area contributed by atoms with Crippen LogP contribution in [0.3, 0.4) is 0 Å². The molecule has 0 spiro atoms. The molecule has 1 aromatic rings. The molecule has 2 N–H and O–H groups in total. The molecule has 6 heteroatoms. The maximum Gasteiger partial charge on any atom is 0.354 e. The van der Waals surface area contributed by atoms with E-state index >= 15 is 0 Å². The zero-order valence-corrected chi connectivity index (χ0v) is 13.5. The van der Waals surface area contributed by atoms with Gasteiger partial charge in [-0.25, -0.2) is 9.78 Å². The van der Waals surface area contributed by atoms with Crippen molar-refractivity contribution < 1.29 is 19.4 Å². The number of carboxylic acid groups (broad SMARTS) is 1. The average Bonchev–Trinajstić information content (AvgIpc) is 2.59. The molecule has 1 aromatic heterocycles. The number of amides is 1. The van der Waals surface area contributed by atoms with Crippen LogP contribution in [-0.2, 0) is 4.74 Å². The first-order valence-electron chi connectivity index (χ1n) is 8.19. The molecule has 1 amide bonds. The van der Waals surface area contributed by atoms with E-state index in [1.807, 2.05) is 0 Å². The fraction of sp³-hybridized carbons (Fsp3) is 0.588. The quantitative estimate of drug-likeness (QED) is 0.806. The number of hydrogen-bond acceptors (Lipinski definition) is 4. The van der Waals surface area contributed by atoms with Crippen molar-refractivity contribution in [2.24, 2.45) is 0 Å². The highest BCUT2D eigenvalue weighted by Gasteiger charge is 2.33. The van der Waals surface area contributed by atoms with Gasteiger partial charge in [-0.15, -0.1) is 0 Å². The van der Waals surface area contributed by atoms with Gasteiger partial charge in [0.05, 0.1) is 5.60 Å². The van der Waals surface area contributed by atoms with Gasteiger partial charge in [-0.05, 0) is 31.4 Å². The molecule has 0 radical (unpaired) electrons. The molecule has 1 saturated carbocycles. The number of aromatic nitrogens is 1. The second-order valence-corrected chi connectivity index (χ2v) is 5.99. The standard InChI is InChI=1S/C17H24N2O4/c1-2-11-23-17(9-4-3-5-10-17)12-18-15(20)13-7-6-8-14(19-13)16(21)22/h6-8H,2-5,9-12H2,1H3,(H,18,20)(H,21,22). The second-order valence-electron chi connectivity index (χ2n) is 5.99. The van der Waals surface area contributed by atoms with Crippen molar-refractivity contribution in [3.05, 3.63) is 29.6 Å². The smallest absolute Gasteiger partial charge is 0.354 e. The number of carbonyl (C=O) groups is 2. The molecular formula is C17H24N2O4. The number of ether oxygens (including phenoxy) is 1. The van der Waals surface area contributed by atoms with E-state index in [9.17, 15) is 9.59 Å². The molecule has 6 nitrogen and oxygen atoms in total. The number of carbonyl (C=O) groups excluding carboxylic acids is 1. The fourth-order valence-corrected chi connectivity index (χ4v) is 2.90. The lowest BCUT2D eigenvalue weighted by Crippen LogP contribution is -2.46. The monoisotopic (exact) mass is 320 g/mol. The SMILES string of the molecule is CCCOC1(CNC(=O)c2cccc(C(=O)O)n2)CCCCC1. The third kappa shape index (κ3) is 4.76. The summed E-state index contributed by atoms with van der Waals surface area (Å²) in [5.74, 6) is -1.51. The normalized spacial score (nSPS) is 16.7. The van der Waals surface area contributed by atoms with Crippen LogP contribution in [0.15, 0.2) is 18.2 Å². The van der Waals surface area contributed by atoms with Crippen LogP contribution in [0.2, 0.25) is 0 Å². The van der Waals surface area contributed by atoms with Gasteiger partial charge < -0.3 is 15.2 Å². The van der Waals surface area contributed by atoms with Gasteiger partial charge in [0.1, 0.15) is 11.4 Å². The highest BCUT2D eigenvalue weighted by molar-refractivity contribution is 5.94. The lowest BCUT2D eigenvalue weighted by atomic mass is 9.84. The van der Waals surface area contributed by atoms with Crippen LogP contribution in [-0.4, -0.2) is 40.7 Å². The number of nitrogens with zero attached hydrogens (tertiary/aromatic N) is 1. The lowest BCUT2D eigenvalue weighted by molar-refractivity contribution is -0.0669. The molecular weight excluding hydrogens is 296 g/mol. The van der Waals surface area contributed by atoms with Gasteiger partial charge in [-0.2, -0.15) is 0 Å². The van der Waals surface area contributed by atoms with Crippen LogP contribution in [0, 0.1) is 0 Å². The molecule has 0 saturated heterocycles. The molecule has 1 heterocycles. The highest BCUT2D eigenvalue weighted by atomic mass is 16.5. The zero-order valence-electron chi connectivity index (χ0n) is 13.5. The molecule has 1 aliphatic carbocycles. The summed E-state index contributed by atoms with van der Waals surface area (Å²) >= 11 is 0. The zero-order chi connectivity index (χ0) is 16.7. The van der Waals surface area contributed by atoms with Crippen molar-refractivity contribution in [2.45, 2.75) is 51.0 Å². The third-order valence-electron chi connectivity index (χ3n) is 4.15. The number of nitrogens with one attached hydrogen (secondary N) is 1. The first-order valence-corrected chi connectivity index (χ1v) is 8.19. The van der Waals surface area contributed by atoms with E-state index in [0.29, 0.717) is 13.2 Å². The molecule has 0 aliphatic heterocycles. The number of hydrogen-bond donors (Lipinski definition) is 2. The molecule has 1 fully saturated rings. The van der Waals surface area contributed by atoms with E-state index in [2.05, 4.69) is 17.2 Å². The molecule has 126 valence electrons. The van der Waals surface area contributed by atoms with Crippen LogP contribution in [0.4, 0.5) is 0 Å². The Kier molecular flexibility index (Phi) is 6.10. The molecule has 1 aliphatic rings. The minimum absolute atomic E-state index is 0.117. The van der Waals surface area contributed by atoms with E-state index < -0.39 is 5.97 Å². The number of carboxylic acids is 1. The average molecular weight is 320 g/mol. The van der Waals surface area contributed by atoms with Crippen molar-refractivity contribution in [3.63, 3.8) is 0 Å². The van der Waals surface area contributed by atoms with Gasteiger partial charge in [0.15, 0.2) is 0 Å². The van der Waals surface area contributed by atoms with Crippen molar-refractivity contribution in [1.82, 2.24) is 10.3 Å². The molecule has 0 atom stereocenters. The fourth-order valence-electron chi connectivity index (χ4n) is 2.90. The first kappa shape index (κ1) is 17.4. The Morgan fingerprint density at radius 1 is 1.26 bits per heavy atom. The Morgan fingerprint density at radius 2 is 1.96 bits per heavy atom. The lowest BCUT2D eigenvalue weighted by Gasteiger charge is -2.37. The van der Waals surface area contributed by atoms with E-state index in [1.54, 1.807) is 0 Å². The number of pyridine rings is 1. The van der Waals surface area contributed by atoms with Crippen LogP contribution in [0.1, 0.15) is 66.4 Å². The summed E-state index contributed by atoms with van der Waals surface area (Å²) in [5.41, 5.74) is -0.312. The summed E-state index contributed by atoms with van der Waals surface area (Å²) in [6.45, 7) is 3.18. The molecule has 0 unspecified atom stereocenters. The molecule has 23 heavy (non-hydrogen) atoms. The van der Waals surface area contributed by atoms with Crippen LogP contribution < -0.4 is 5.32 Å². The van der Waals surface area contributed by atoms with Crippen molar-refractivity contribution in [2.75, 3.05) is 13.2 Å². The summed E-state index contributed by atoms with van der Waals surface area (Å²) in [7, 11) is 0. The summed E-state index contributed by atoms with van der Waals surface area (Å²) in [4.78, 5) is 27.1. The summed E-state index contributed by atoms with van der Waals surface area (Å²) < 4.78 is 6.04. The predicted octanol–water partition coefficient (Wildman–Crippen LogP) is 2.64. The second kappa shape index (κ2) is 8.06. The van der Waals surface area contributed by atoms with Crippen LogP contribution >= 0.6 is 0 Å². The maximum absolute atomic E-state index is 12.3. The number of rotatable bonds is 7. The van der Waals surface area contributed by atoms with Gasteiger partial charge in [0.2, 0.25) is 0 Å². The van der Waals surface area contributed by atoms with Crippen LogP contribution in [0.5, 0.6) is 0 Å². The van der Waals surface area contributed by atoms with E-state index in [1.165, 1.54) is 24.6 Å². The van der Waals surface area contributed by atoms with Crippen molar-refractivity contribution in [3.8, 4) is 0 Å². The molecule has 2 rings (SSSR count). The Labute approximate surface area is 136 Å². The van der Waals surface area contributed by atoms with Gasteiger partial charge >= 0.3 is 5.97 Å². The highest BCUT2D eigenvalue weighted by Crippen LogP contribution is 2.31. The van der Waals surface area contributed by atoms with E-state index in [4.69, 9.17) is 9.84 Å². The van der Waals surface area contributed by atoms with Crippen molar-refractivity contribution in [1.29, 1.82) is 0 Å². The predicted molar refractivity (Wildman–Crippen MR) is 85.6 cm³/mol. The summed E-state index contributed by atoms with van der Waals surface area (Å²) in [6.07, 6.45) is 6.23. The Balaban J connectivity index is 2.00.